The monoisotopic (exact) mass is 195 g/mol. The molecule has 6 nitrogen and oxygen atoms in total. The number of anilines is 2. The first kappa shape index (κ1) is 9.85. The van der Waals surface area contributed by atoms with Gasteiger partial charge >= 0.3 is 12.0 Å². The van der Waals surface area contributed by atoms with Gasteiger partial charge in [-0.25, -0.2) is 9.59 Å². The number of nitrogens with one attached hydrogen (secondary N) is 1. The summed E-state index contributed by atoms with van der Waals surface area (Å²) in [5, 5.41) is 10.9. The molecule has 0 aliphatic rings. The van der Waals surface area contributed by atoms with Gasteiger partial charge in [-0.1, -0.05) is 0 Å². The van der Waals surface area contributed by atoms with E-state index >= 15 is 0 Å². The lowest BCUT2D eigenvalue weighted by atomic mass is 10.1. The van der Waals surface area contributed by atoms with Gasteiger partial charge in [0, 0.05) is 5.69 Å². The highest BCUT2D eigenvalue weighted by molar-refractivity contribution is 6.00. The van der Waals surface area contributed by atoms with Crippen LogP contribution in [-0.2, 0) is 0 Å². The van der Waals surface area contributed by atoms with E-state index in [1.165, 1.54) is 18.2 Å². The minimum absolute atomic E-state index is 0.0574. The topological polar surface area (TPSA) is 118 Å². The van der Waals surface area contributed by atoms with Crippen molar-refractivity contribution in [1.29, 1.82) is 0 Å². The second-order valence-electron chi connectivity index (χ2n) is 2.60. The Labute approximate surface area is 79.5 Å². The van der Waals surface area contributed by atoms with Crippen LogP contribution in [0.2, 0.25) is 0 Å². The third-order valence-corrected chi connectivity index (χ3v) is 1.53. The molecule has 1 aromatic rings. The van der Waals surface area contributed by atoms with Crippen LogP contribution in [0.25, 0.3) is 0 Å². The highest BCUT2D eigenvalue weighted by atomic mass is 16.4. The van der Waals surface area contributed by atoms with E-state index < -0.39 is 12.0 Å². The van der Waals surface area contributed by atoms with Gasteiger partial charge in [0.05, 0.1) is 11.3 Å². The smallest absolute Gasteiger partial charge is 0.337 e. The number of carbonyl (C=O) groups is 2. The first-order valence-electron chi connectivity index (χ1n) is 3.70. The van der Waals surface area contributed by atoms with E-state index in [4.69, 9.17) is 16.6 Å². The van der Waals surface area contributed by atoms with Crippen molar-refractivity contribution < 1.29 is 14.7 Å². The summed E-state index contributed by atoms with van der Waals surface area (Å²) in [5.41, 5.74) is 10.7. The fraction of sp³-hybridized carbons (Fsp3) is 0. The largest absolute Gasteiger partial charge is 0.478 e. The van der Waals surface area contributed by atoms with Crippen LogP contribution in [0, 0.1) is 0 Å². The van der Waals surface area contributed by atoms with Crippen LogP contribution in [0.1, 0.15) is 10.4 Å². The predicted octanol–water partition coefficient (Wildman–Crippen LogP) is 0.458. The van der Waals surface area contributed by atoms with Gasteiger partial charge in [-0.15, -0.1) is 0 Å². The summed E-state index contributed by atoms with van der Waals surface area (Å²) >= 11 is 0. The molecule has 0 saturated heterocycles. The molecule has 0 aliphatic heterocycles. The van der Waals surface area contributed by atoms with Crippen LogP contribution in [0.4, 0.5) is 16.2 Å². The van der Waals surface area contributed by atoms with Crippen molar-refractivity contribution in [3.63, 3.8) is 0 Å². The zero-order valence-corrected chi connectivity index (χ0v) is 7.15. The number of carbonyl (C=O) groups excluding carboxylic acids is 1. The maximum absolute atomic E-state index is 10.7. The zero-order valence-electron chi connectivity index (χ0n) is 7.15. The van der Waals surface area contributed by atoms with Gasteiger partial charge in [0.25, 0.3) is 0 Å². The van der Waals surface area contributed by atoms with Crippen LogP contribution >= 0.6 is 0 Å². The van der Waals surface area contributed by atoms with Gasteiger partial charge < -0.3 is 21.9 Å². The number of nitrogen functional groups attached to an aromatic ring is 1. The molecule has 0 fully saturated rings. The molecule has 14 heavy (non-hydrogen) atoms. The van der Waals surface area contributed by atoms with Crippen molar-refractivity contribution >= 4 is 23.4 Å². The molecule has 0 bridgehead atoms. The molecule has 0 heterocycles. The number of nitrogens with two attached hydrogens (primary N) is 2. The third-order valence-electron chi connectivity index (χ3n) is 1.53. The Morgan fingerprint density at radius 3 is 2.50 bits per heavy atom. The van der Waals surface area contributed by atoms with Crippen LogP contribution in [0.3, 0.4) is 0 Å². The number of carboxylic acid groups (broad SMARTS) is 1. The lowest BCUT2D eigenvalue weighted by molar-refractivity contribution is 0.0698. The summed E-state index contributed by atoms with van der Waals surface area (Å²) in [6, 6.07) is 3.21. The molecule has 0 aliphatic carbocycles. The Morgan fingerprint density at radius 2 is 2.00 bits per heavy atom. The number of hydrogen-bond donors (Lipinski definition) is 4. The average molecular weight is 195 g/mol. The molecule has 6 heteroatoms. The van der Waals surface area contributed by atoms with Crippen LogP contribution in [0.5, 0.6) is 0 Å². The Kier molecular flexibility index (Phi) is 2.57. The van der Waals surface area contributed by atoms with Gasteiger partial charge in [-0.05, 0) is 18.2 Å². The number of rotatable bonds is 2. The summed E-state index contributed by atoms with van der Waals surface area (Å²) < 4.78 is 0. The van der Waals surface area contributed by atoms with E-state index in [9.17, 15) is 9.59 Å². The summed E-state index contributed by atoms with van der Waals surface area (Å²) in [4.78, 5) is 21.2. The summed E-state index contributed by atoms with van der Waals surface area (Å²) in [7, 11) is 0. The second kappa shape index (κ2) is 3.65. The number of primary amides is 1. The molecule has 0 saturated carbocycles. The second-order valence-corrected chi connectivity index (χ2v) is 2.60. The fourth-order valence-corrected chi connectivity index (χ4v) is 0.985. The van der Waals surface area contributed by atoms with Gasteiger partial charge in [0.15, 0.2) is 0 Å². The molecule has 0 unspecified atom stereocenters. The first-order valence-corrected chi connectivity index (χ1v) is 3.70. The molecule has 0 radical (unpaired) electrons. The molecule has 6 N–H and O–H groups in total. The minimum Gasteiger partial charge on any atom is -0.478 e. The molecule has 74 valence electrons. The van der Waals surface area contributed by atoms with Gasteiger partial charge in [-0.3, -0.25) is 0 Å². The summed E-state index contributed by atoms with van der Waals surface area (Å²) in [6.45, 7) is 0. The Balaban J connectivity index is 3.15. The minimum atomic E-state index is -1.16. The van der Waals surface area contributed by atoms with Gasteiger partial charge in [-0.2, -0.15) is 0 Å². The highest BCUT2D eigenvalue weighted by Crippen LogP contribution is 2.18. The lowest BCUT2D eigenvalue weighted by Crippen LogP contribution is -2.21. The quantitative estimate of drug-likeness (QED) is 0.512. The highest BCUT2D eigenvalue weighted by Gasteiger charge is 2.10. The fourth-order valence-electron chi connectivity index (χ4n) is 0.985. The lowest BCUT2D eigenvalue weighted by Gasteiger charge is -2.06. The Bertz CT molecular complexity index is 389. The van der Waals surface area contributed by atoms with Crippen LogP contribution in [-0.4, -0.2) is 17.1 Å². The normalized spacial score (nSPS) is 9.43. The standard InChI is InChI=1S/C8H9N3O3/c9-4-1-2-5(7(12)13)6(3-4)11-8(10)14/h1-3H,9H2,(H,12,13)(H3,10,11,14). The molecule has 0 atom stereocenters. The molecule has 1 aromatic carbocycles. The SMILES string of the molecule is NC(=O)Nc1cc(N)ccc1C(=O)O. The average Bonchev–Trinajstić information content (AvgIpc) is 2.01. The molecule has 0 spiro atoms. The number of urea groups is 1. The predicted molar refractivity (Wildman–Crippen MR) is 51.0 cm³/mol. The van der Waals surface area contributed by atoms with E-state index in [1.807, 2.05) is 0 Å². The van der Waals surface area contributed by atoms with Crippen molar-refractivity contribution in [2.45, 2.75) is 0 Å². The molecular weight excluding hydrogens is 186 g/mol. The Morgan fingerprint density at radius 1 is 1.36 bits per heavy atom. The van der Waals surface area contributed by atoms with Gasteiger partial charge in [0.2, 0.25) is 0 Å². The number of hydrogen-bond acceptors (Lipinski definition) is 3. The third kappa shape index (κ3) is 2.13. The van der Waals surface area contributed by atoms with Crippen molar-refractivity contribution in [3.05, 3.63) is 23.8 Å². The van der Waals surface area contributed by atoms with Crippen molar-refractivity contribution in [2.75, 3.05) is 11.1 Å². The zero-order chi connectivity index (χ0) is 10.7. The van der Waals surface area contributed by atoms with Crippen molar-refractivity contribution in [2.24, 2.45) is 5.73 Å². The maximum Gasteiger partial charge on any atom is 0.337 e. The molecule has 2 amide bonds. The van der Waals surface area contributed by atoms with E-state index in [2.05, 4.69) is 5.32 Å². The van der Waals surface area contributed by atoms with Crippen molar-refractivity contribution in [3.8, 4) is 0 Å². The van der Waals surface area contributed by atoms with E-state index in [0.29, 0.717) is 5.69 Å². The summed E-state index contributed by atoms with van der Waals surface area (Å²) in [6.07, 6.45) is 0. The van der Waals surface area contributed by atoms with E-state index in [1.54, 1.807) is 0 Å². The molecule has 0 aromatic heterocycles. The number of benzene rings is 1. The van der Waals surface area contributed by atoms with Gasteiger partial charge in [0.1, 0.15) is 0 Å². The van der Waals surface area contributed by atoms with E-state index in [-0.39, 0.29) is 11.3 Å². The van der Waals surface area contributed by atoms with Crippen molar-refractivity contribution in [1.82, 2.24) is 0 Å². The first-order chi connectivity index (χ1) is 6.50. The maximum atomic E-state index is 10.7. The number of carboxylic acids is 1. The Hall–Kier alpha value is -2.24. The summed E-state index contributed by atoms with van der Waals surface area (Å²) in [5.74, 6) is -1.16. The molecule has 1 rings (SSSR count). The van der Waals surface area contributed by atoms with Crippen LogP contribution in [0.15, 0.2) is 18.2 Å². The number of amides is 2. The number of aromatic carboxylic acids is 1. The molecular formula is C8H9N3O3. The van der Waals surface area contributed by atoms with Crippen LogP contribution < -0.4 is 16.8 Å². The van der Waals surface area contributed by atoms with E-state index in [0.717, 1.165) is 0 Å².